The Morgan fingerprint density at radius 2 is 0.712 bits per heavy atom. The zero-order valence-electron chi connectivity index (χ0n) is 44.0. The Morgan fingerprint density at radius 1 is 0.348 bits per heavy atom. The maximum Gasteiger partial charge on any atom is 0.306 e. The number of esters is 2. The number of hydrogen-bond acceptors (Lipinski definition) is 5. The quantitative estimate of drug-likeness (QED) is 0.0346. The summed E-state index contributed by atoms with van der Waals surface area (Å²) in [5.41, 5.74) is 0. The molecule has 66 heavy (non-hydrogen) atoms. The fourth-order valence-corrected chi connectivity index (χ4v) is 8.01. The van der Waals surface area contributed by atoms with Gasteiger partial charge in [0, 0.05) is 19.4 Å². The SMILES string of the molecule is CC/C=C\C/C=C\C/C=C\C/C=C\CCCCCCCOCC(COC(=O)CCCCCCCCCCCCCCCCCCCCC)OC(=O)CCCCCCC/C=C\C/C=C\CCC. The summed E-state index contributed by atoms with van der Waals surface area (Å²) in [6.07, 6.45) is 73.5. The first-order chi connectivity index (χ1) is 32.6. The molecule has 0 aliphatic heterocycles. The Hall–Kier alpha value is -2.66. The molecular weight excluding hydrogens is 813 g/mol. The lowest BCUT2D eigenvalue weighted by Gasteiger charge is -2.18. The van der Waals surface area contributed by atoms with E-state index in [-0.39, 0.29) is 25.2 Å². The van der Waals surface area contributed by atoms with Gasteiger partial charge in [-0.15, -0.1) is 0 Å². The fourth-order valence-electron chi connectivity index (χ4n) is 8.01. The van der Waals surface area contributed by atoms with E-state index >= 15 is 0 Å². The standard InChI is InChI=1S/C61H108O5/c1-4-7-10-13-16-19-22-25-27-29-31-32-34-37-39-42-45-48-51-54-60(62)65-58-59(66-61(63)55-52-49-46-43-40-36-24-21-18-15-12-9-6-3)57-64-56-53-50-47-44-41-38-35-33-30-28-26-23-20-17-14-11-8-5-2/h8,11-12,15,17,20-21,24,26,28,33,35,59H,4-7,9-10,13-14,16,18-19,22-23,25,27,29-32,34,36-58H2,1-3H3/b11-8-,15-12-,20-17-,24-21-,28-26-,35-33-. The van der Waals surface area contributed by atoms with Crippen LogP contribution in [-0.4, -0.2) is 37.9 Å². The van der Waals surface area contributed by atoms with Crippen LogP contribution < -0.4 is 0 Å². The van der Waals surface area contributed by atoms with Crippen molar-refractivity contribution in [3.05, 3.63) is 72.9 Å². The van der Waals surface area contributed by atoms with Crippen LogP contribution >= 0.6 is 0 Å². The van der Waals surface area contributed by atoms with Crippen molar-refractivity contribution in [1.29, 1.82) is 0 Å². The molecule has 1 atom stereocenters. The highest BCUT2D eigenvalue weighted by atomic mass is 16.6. The minimum atomic E-state index is -0.554. The number of rotatable bonds is 52. The van der Waals surface area contributed by atoms with Crippen LogP contribution in [0.25, 0.3) is 0 Å². The molecule has 0 aromatic heterocycles. The number of unbranched alkanes of at least 4 members (excludes halogenated alkanes) is 29. The molecule has 5 heteroatoms. The lowest BCUT2D eigenvalue weighted by Crippen LogP contribution is -2.30. The largest absolute Gasteiger partial charge is 0.462 e. The van der Waals surface area contributed by atoms with Crippen molar-refractivity contribution in [3.63, 3.8) is 0 Å². The van der Waals surface area contributed by atoms with Gasteiger partial charge >= 0.3 is 11.9 Å². The minimum Gasteiger partial charge on any atom is -0.462 e. The van der Waals surface area contributed by atoms with Crippen LogP contribution in [0.1, 0.15) is 278 Å². The van der Waals surface area contributed by atoms with Gasteiger partial charge in [-0.2, -0.15) is 0 Å². The summed E-state index contributed by atoms with van der Waals surface area (Å²) in [5.74, 6) is -0.415. The predicted octanol–water partition coefficient (Wildman–Crippen LogP) is 19.5. The van der Waals surface area contributed by atoms with Crippen molar-refractivity contribution in [2.75, 3.05) is 19.8 Å². The average Bonchev–Trinajstić information content (AvgIpc) is 3.32. The van der Waals surface area contributed by atoms with Crippen molar-refractivity contribution < 1.29 is 23.8 Å². The highest BCUT2D eigenvalue weighted by Crippen LogP contribution is 2.16. The lowest BCUT2D eigenvalue weighted by molar-refractivity contribution is -0.163. The van der Waals surface area contributed by atoms with E-state index in [1.807, 2.05) is 0 Å². The van der Waals surface area contributed by atoms with Gasteiger partial charge in [0.1, 0.15) is 6.61 Å². The van der Waals surface area contributed by atoms with E-state index in [4.69, 9.17) is 14.2 Å². The Morgan fingerprint density at radius 3 is 1.15 bits per heavy atom. The Balaban J connectivity index is 4.27. The second kappa shape index (κ2) is 56.7. The highest BCUT2D eigenvalue weighted by molar-refractivity contribution is 5.70. The lowest BCUT2D eigenvalue weighted by atomic mass is 10.0. The first kappa shape index (κ1) is 63.3. The number of hydrogen-bond donors (Lipinski definition) is 0. The minimum absolute atomic E-state index is 0.0723. The Bertz CT molecular complexity index is 1180. The molecule has 0 aromatic rings. The summed E-state index contributed by atoms with van der Waals surface area (Å²) >= 11 is 0. The van der Waals surface area contributed by atoms with Crippen molar-refractivity contribution in [1.82, 2.24) is 0 Å². The topological polar surface area (TPSA) is 61.8 Å². The molecule has 0 rings (SSSR count). The van der Waals surface area contributed by atoms with E-state index in [1.165, 1.54) is 148 Å². The summed E-state index contributed by atoms with van der Waals surface area (Å²) in [6.45, 7) is 7.63. The predicted molar refractivity (Wildman–Crippen MR) is 288 cm³/mol. The normalized spacial score (nSPS) is 12.7. The van der Waals surface area contributed by atoms with Crippen LogP contribution in [0.4, 0.5) is 0 Å². The smallest absolute Gasteiger partial charge is 0.306 e. The molecule has 0 aromatic carbocycles. The number of carbonyl (C=O) groups is 2. The number of carbonyl (C=O) groups excluding carboxylic acids is 2. The number of ether oxygens (including phenoxy) is 3. The van der Waals surface area contributed by atoms with E-state index in [9.17, 15) is 9.59 Å². The zero-order chi connectivity index (χ0) is 47.7. The van der Waals surface area contributed by atoms with Gasteiger partial charge in [-0.05, 0) is 83.5 Å². The average molecular weight is 922 g/mol. The molecule has 0 saturated carbocycles. The number of allylic oxidation sites excluding steroid dienone is 12. The van der Waals surface area contributed by atoms with Crippen LogP contribution in [0.5, 0.6) is 0 Å². The molecule has 0 saturated heterocycles. The van der Waals surface area contributed by atoms with Gasteiger partial charge < -0.3 is 14.2 Å². The van der Waals surface area contributed by atoms with Crippen molar-refractivity contribution in [2.45, 2.75) is 284 Å². The third-order valence-corrected chi connectivity index (χ3v) is 12.2. The summed E-state index contributed by atoms with van der Waals surface area (Å²) < 4.78 is 17.4. The van der Waals surface area contributed by atoms with Crippen LogP contribution in [-0.2, 0) is 23.8 Å². The molecule has 382 valence electrons. The van der Waals surface area contributed by atoms with Crippen LogP contribution in [0.15, 0.2) is 72.9 Å². The van der Waals surface area contributed by atoms with Gasteiger partial charge in [0.05, 0.1) is 6.61 Å². The molecule has 0 aliphatic carbocycles. The molecule has 0 bridgehead atoms. The zero-order valence-corrected chi connectivity index (χ0v) is 44.0. The van der Waals surface area contributed by atoms with E-state index < -0.39 is 6.10 Å². The van der Waals surface area contributed by atoms with Gasteiger partial charge in [-0.3, -0.25) is 9.59 Å². The maximum absolute atomic E-state index is 12.8. The first-order valence-electron chi connectivity index (χ1n) is 28.5. The molecule has 0 radical (unpaired) electrons. The third-order valence-electron chi connectivity index (χ3n) is 12.2. The van der Waals surface area contributed by atoms with E-state index in [0.29, 0.717) is 19.4 Å². The molecule has 5 nitrogen and oxygen atoms in total. The van der Waals surface area contributed by atoms with Crippen molar-refractivity contribution >= 4 is 11.9 Å². The summed E-state index contributed by atoms with van der Waals surface area (Å²) in [6, 6.07) is 0. The fraction of sp³-hybridized carbons (Fsp3) is 0.770. The Kier molecular flexibility index (Phi) is 54.4. The van der Waals surface area contributed by atoms with Gasteiger partial charge in [0.15, 0.2) is 6.10 Å². The van der Waals surface area contributed by atoms with Crippen LogP contribution in [0.2, 0.25) is 0 Å². The monoisotopic (exact) mass is 921 g/mol. The summed E-state index contributed by atoms with van der Waals surface area (Å²) in [5, 5.41) is 0. The molecular formula is C61H108O5. The van der Waals surface area contributed by atoms with Gasteiger partial charge in [-0.1, -0.05) is 254 Å². The molecule has 0 N–H and O–H groups in total. The molecule has 0 aliphatic rings. The molecule has 0 spiro atoms. The summed E-state index contributed by atoms with van der Waals surface area (Å²) in [7, 11) is 0. The molecule has 0 amide bonds. The van der Waals surface area contributed by atoms with Gasteiger partial charge in [0.2, 0.25) is 0 Å². The molecule has 1 unspecified atom stereocenters. The molecule has 0 fully saturated rings. The Labute approximate surface area is 410 Å². The van der Waals surface area contributed by atoms with Crippen molar-refractivity contribution in [3.8, 4) is 0 Å². The molecule has 0 heterocycles. The van der Waals surface area contributed by atoms with E-state index in [0.717, 1.165) is 96.3 Å². The van der Waals surface area contributed by atoms with Crippen molar-refractivity contribution in [2.24, 2.45) is 0 Å². The van der Waals surface area contributed by atoms with Gasteiger partial charge in [-0.25, -0.2) is 0 Å². The van der Waals surface area contributed by atoms with E-state index in [2.05, 4.69) is 93.7 Å². The van der Waals surface area contributed by atoms with E-state index in [1.54, 1.807) is 0 Å². The van der Waals surface area contributed by atoms with Crippen LogP contribution in [0, 0.1) is 0 Å². The van der Waals surface area contributed by atoms with Gasteiger partial charge in [0.25, 0.3) is 0 Å². The second-order valence-electron chi connectivity index (χ2n) is 18.8. The highest BCUT2D eigenvalue weighted by Gasteiger charge is 2.17. The second-order valence-corrected chi connectivity index (χ2v) is 18.8. The summed E-state index contributed by atoms with van der Waals surface area (Å²) in [4.78, 5) is 25.5. The maximum atomic E-state index is 12.8. The van der Waals surface area contributed by atoms with Crippen LogP contribution in [0.3, 0.4) is 0 Å². The third kappa shape index (κ3) is 54.0. The first-order valence-corrected chi connectivity index (χ1v) is 28.5.